The molecule has 1 saturated carbocycles. The Morgan fingerprint density at radius 2 is 1.87 bits per heavy atom. The van der Waals surface area contributed by atoms with Crippen molar-refractivity contribution in [2.45, 2.75) is 33.2 Å². The number of likely N-dealkylation sites (tertiary alicyclic amines) is 1. The van der Waals surface area contributed by atoms with E-state index < -0.39 is 6.55 Å². The first kappa shape index (κ1) is 20.4. The summed E-state index contributed by atoms with van der Waals surface area (Å²) in [5.41, 5.74) is 0.218. The van der Waals surface area contributed by atoms with Crippen molar-refractivity contribution in [1.82, 2.24) is 24.6 Å². The van der Waals surface area contributed by atoms with Gasteiger partial charge in [0.1, 0.15) is 5.02 Å². The Balaban J connectivity index is 1.34. The van der Waals surface area contributed by atoms with Crippen LogP contribution in [0.25, 0.3) is 0 Å². The fourth-order valence-electron chi connectivity index (χ4n) is 4.83. The summed E-state index contributed by atoms with van der Waals surface area (Å²) in [7, 11) is 0. The molecule has 4 heterocycles. The van der Waals surface area contributed by atoms with Crippen molar-refractivity contribution >= 4 is 35.0 Å². The van der Waals surface area contributed by atoms with Crippen LogP contribution in [0.1, 0.15) is 33.2 Å². The second-order valence-corrected chi connectivity index (χ2v) is 9.83. The Kier molecular flexibility index (Phi) is 4.62. The van der Waals surface area contributed by atoms with Crippen molar-refractivity contribution in [1.29, 1.82) is 0 Å². The lowest BCUT2D eigenvalue weighted by Gasteiger charge is -2.29. The molecule has 166 valence electrons. The Bertz CT molecular complexity index is 1010. The number of fused-ring (bicyclic) bond motifs is 1. The summed E-state index contributed by atoms with van der Waals surface area (Å²) in [4.78, 5) is 25.5. The molecule has 2 atom stereocenters. The second-order valence-electron chi connectivity index (χ2n) is 9.42. The smallest absolute Gasteiger partial charge is 0.333 e. The van der Waals surface area contributed by atoms with Gasteiger partial charge in [0.05, 0.1) is 24.3 Å². The van der Waals surface area contributed by atoms with Crippen molar-refractivity contribution in [3.63, 3.8) is 0 Å². The van der Waals surface area contributed by atoms with E-state index in [1.807, 2.05) is 4.90 Å². The summed E-state index contributed by atoms with van der Waals surface area (Å²) >= 11 is 6.43. The zero-order valence-corrected chi connectivity index (χ0v) is 18.1. The SMILES string of the molecule is C[C@@]12CN(C(=O)C3CC3)C[C@]1(C)CN(c1nc(Nc3cnn(C(F)F)c3)ncc1Cl)C2. The average molecular weight is 452 g/mol. The van der Waals surface area contributed by atoms with E-state index in [0.29, 0.717) is 27.1 Å². The predicted molar refractivity (Wildman–Crippen MR) is 112 cm³/mol. The molecule has 8 nitrogen and oxygen atoms in total. The molecule has 0 radical (unpaired) electrons. The van der Waals surface area contributed by atoms with Crippen LogP contribution in [0.5, 0.6) is 0 Å². The molecule has 1 N–H and O–H groups in total. The maximum atomic E-state index is 12.7. The standard InChI is InChI=1S/C20H24ClF2N7O/c1-19-8-28(9-20(19,2)11-29(10-19)16(31)12-3-4-12)15-14(21)6-24-18(27-15)26-13-5-25-30(7-13)17(22)23/h5-7,12,17H,3-4,8-11H2,1-2H3,(H,24,26,27)/t19-,20+. The highest BCUT2D eigenvalue weighted by atomic mass is 35.5. The van der Waals surface area contributed by atoms with Crippen LogP contribution in [-0.4, -0.2) is 56.7 Å². The lowest BCUT2D eigenvalue weighted by atomic mass is 9.71. The predicted octanol–water partition coefficient (Wildman–Crippen LogP) is 3.55. The Labute approximate surface area is 183 Å². The Morgan fingerprint density at radius 1 is 1.19 bits per heavy atom. The summed E-state index contributed by atoms with van der Waals surface area (Å²) in [5, 5.41) is 6.93. The number of nitrogens with zero attached hydrogens (tertiary/aromatic N) is 6. The molecule has 31 heavy (non-hydrogen) atoms. The first-order chi connectivity index (χ1) is 14.7. The Morgan fingerprint density at radius 3 is 2.45 bits per heavy atom. The van der Waals surface area contributed by atoms with Crippen molar-refractivity contribution in [2.24, 2.45) is 16.7 Å². The number of carbonyl (C=O) groups is 1. The molecule has 3 aliphatic rings. The average Bonchev–Trinajstić information content (AvgIpc) is 3.31. The van der Waals surface area contributed by atoms with Gasteiger partial charge in [-0.25, -0.2) is 9.67 Å². The third-order valence-corrected chi connectivity index (χ3v) is 7.20. The van der Waals surface area contributed by atoms with Crippen molar-refractivity contribution in [3.8, 4) is 0 Å². The monoisotopic (exact) mass is 451 g/mol. The van der Waals surface area contributed by atoms with Crippen LogP contribution < -0.4 is 10.2 Å². The molecule has 0 spiro atoms. The molecule has 2 aliphatic heterocycles. The lowest BCUT2D eigenvalue weighted by Crippen LogP contribution is -2.36. The minimum atomic E-state index is -2.71. The van der Waals surface area contributed by atoms with E-state index in [1.54, 1.807) is 0 Å². The van der Waals surface area contributed by atoms with Gasteiger partial charge in [0.25, 0.3) is 0 Å². The molecule has 11 heteroatoms. The van der Waals surface area contributed by atoms with Crippen LogP contribution in [0.3, 0.4) is 0 Å². The molecule has 5 rings (SSSR count). The van der Waals surface area contributed by atoms with Crippen LogP contribution in [-0.2, 0) is 4.79 Å². The van der Waals surface area contributed by atoms with E-state index in [-0.39, 0.29) is 22.7 Å². The minimum Gasteiger partial charge on any atom is -0.354 e. The zero-order chi connectivity index (χ0) is 22.0. The van der Waals surface area contributed by atoms with Crippen LogP contribution >= 0.6 is 11.6 Å². The van der Waals surface area contributed by atoms with Crippen molar-refractivity contribution in [2.75, 3.05) is 36.4 Å². The fourth-order valence-corrected chi connectivity index (χ4v) is 5.04. The van der Waals surface area contributed by atoms with E-state index in [0.717, 1.165) is 39.0 Å². The van der Waals surface area contributed by atoms with Crippen LogP contribution in [0.4, 0.5) is 26.2 Å². The number of carbonyl (C=O) groups excluding carboxylic acids is 1. The summed E-state index contributed by atoms with van der Waals surface area (Å²) in [6.45, 7) is 4.63. The van der Waals surface area contributed by atoms with E-state index in [1.165, 1.54) is 18.6 Å². The molecule has 1 amide bonds. The van der Waals surface area contributed by atoms with Gasteiger partial charge in [-0.05, 0) is 12.8 Å². The topological polar surface area (TPSA) is 79.2 Å². The number of hydrogen-bond acceptors (Lipinski definition) is 6. The lowest BCUT2D eigenvalue weighted by molar-refractivity contribution is -0.132. The molecule has 2 saturated heterocycles. The highest BCUT2D eigenvalue weighted by Gasteiger charge is 2.59. The van der Waals surface area contributed by atoms with Crippen LogP contribution in [0, 0.1) is 16.7 Å². The molecule has 0 unspecified atom stereocenters. The number of aromatic nitrogens is 4. The highest BCUT2D eigenvalue weighted by molar-refractivity contribution is 6.32. The maximum absolute atomic E-state index is 12.7. The van der Waals surface area contributed by atoms with Gasteiger partial charge in [-0.1, -0.05) is 25.4 Å². The molecule has 1 aliphatic carbocycles. The van der Waals surface area contributed by atoms with Crippen molar-refractivity contribution < 1.29 is 13.6 Å². The molecule has 0 aromatic carbocycles. The van der Waals surface area contributed by atoms with Gasteiger partial charge in [-0.15, -0.1) is 0 Å². The van der Waals surface area contributed by atoms with Crippen LogP contribution in [0.2, 0.25) is 5.02 Å². The quantitative estimate of drug-likeness (QED) is 0.749. The third kappa shape index (κ3) is 3.50. The number of amides is 1. The largest absolute Gasteiger partial charge is 0.354 e. The molecule has 0 bridgehead atoms. The Hall–Kier alpha value is -2.49. The first-order valence-corrected chi connectivity index (χ1v) is 10.7. The molecule has 3 fully saturated rings. The number of hydrogen-bond donors (Lipinski definition) is 1. The number of rotatable bonds is 5. The number of anilines is 3. The summed E-state index contributed by atoms with van der Waals surface area (Å²) in [5.74, 6) is 1.37. The summed E-state index contributed by atoms with van der Waals surface area (Å²) in [6.07, 6.45) is 6.01. The van der Waals surface area contributed by atoms with Gasteiger partial charge in [-0.2, -0.15) is 18.9 Å². The molecular weight excluding hydrogens is 428 g/mol. The van der Waals surface area contributed by atoms with Gasteiger partial charge in [0.15, 0.2) is 5.82 Å². The summed E-state index contributed by atoms with van der Waals surface area (Å²) < 4.78 is 26.0. The van der Waals surface area contributed by atoms with Gasteiger partial charge >= 0.3 is 6.55 Å². The van der Waals surface area contributed by atoms with Gasteiger partial charge in [0.2, 0.25) is 11.9 Å². The third-order valence-electron chi connectivity index (χ3n) is 6.94. The van der Waals surface area contributed by atoms with Crippen LogP contribution in [0.15, 0.2) is 18.6 Å². The van der Waals surface area contributed by atoms with E-state index in [4.69, 9.17) is 11.6 Å². The number of alkyl halides is 2. The first-order valence-electron chi connectivity index (χ1n) is 10.3. The molecule has 2 aromatic rings. The van der Waals surface area contributed by atoms with Gasteiger partial charge < -0.3 is 15.1 Å². The summed E-state index contributed by atoms with van der Waals surface area (Å²) in [6, 6.07) is 0. The zero-order valence-electron chi connectivity index (χ0n) is 17.4. The maximum Gasteiger partial charge on any atom is 0.333 e. The number of halogens is 3. The van der Waals surface area contributed by atoms with E-state index in [9.17, 15) is 13.6 Å². The van der Waals surface area contributed by atoms with Gasteiger partial charge in [0, 0.05) is 42.9 Å². The van der Waals surface area contributed by atoms with E-state index in [2.05, 4.69) is 39.1 Å². The highest BCUT2D eigenvalue weighted by Crippen LogP contribution is 2.53. The van der Waals surface area contributed by atoms with Crippen molar-refractivity contribution in [3.05, 3.63) is 23.6 Å². The molecule has 2 aromatic heterocycles. The molecular formula is C20H24ClF2N7O. The minimum absolute atomic E-state index is 0.0716. The van der Waals surface area contributed by atoms with Gasteiger partial charge in [-0.3, -0.25) is 4.79 Å². The normalized spacial score (nSPS) is 27.8. The fraction of sp³-hybridized carbons (Fsp3) is 0.600. The van der Waals surface area contributed by atoms with E-state index >= 15 is 0 Å². The second kappa shape index (κ2) is 7.01. The number of nitrogens with one attached hydrogen (secondary N) is 1.